The van der Waals surface area contributed by atoms with E-state index >= 15 is 0 Å². The summed E-state index contributed by atoms with van der Waals surface area (Å²) in [6.07, 6.45) is -4.60. The average Bonchev–Trinajstić information content (AvgIpc) is 2.71. The van der Waals surface area contributed by atoms with E-state index in [1.54, 1.807) is 30.3 Å². The predicted molar refractivity (Wildman–Crippen MR) is 64.0 cm³/mol. The Morgan fingerprint density at radius 1 is 1.16 bits per heavy atom. The van der Waals surface area contributed by atoms with Crippen molar-refractivity contribution in [2.45, 2.75) is 18.6 Å². The zero-order valence-corrected chi connectivity index (χ0v) is 10.4. The van der Waals surface area contributed by atoms with Crippen molar-refractivity contribution in [2.75, 3.05) is 0 Å². The van der Waals surface area contributed by atoms with Gasteiger partial charge in [-0.25, -0.2) is 4.98 Å². The van der Waals surface area contributed by atoms with Gasteiger partial charge in [0.25, 0.3) is 0 Å². The van der Waals surface area contributed by atoms with Gasteiger partial charge >= 0.3 is 6.18 Å². The second kappa shape index (κ2) is 4.34. The maximum Gasteiger partial charge on any atom is 0.413 e. The van der Waals surface area contributed by atoms with Crippen molar-refractivity contribution in [3.8, 4) is 11.4 Å². The molecule has 0 bridgehead atoms. The van der Waals surface area contributed by atoms with Gasteiger partial charge in [-0.05, 0) is 6.92 Å². The van der Waals surface area contributed by atoms with Crippen LogP contribution in [-0.4, -0.2) is 20.9 Å². The highest BCUT2D eigenvalue weighted by atomic mass is 19.4. The first-order valence-corrected chi connectivity index (χ1v) is 5.56. The van der Waals surface area contributed by atoms with E-state index in [-0.39, 0.29) is 11.6 Å². The highest BCUT2D eigenvalue weighted by Crippen LogP contribution is 2.35. The van der Waals surface area contributed by atoms with Crippen LogP contribution in [0.3, 0.4) is 0 Å². The molecule has 1 atom stereocenters. The molecule has 0 spiro atoms. The number of aryl methyl sites for hydroxylation is 1. The molecule has 1 heterocycles. The highest BCUT2D eigenvalue weighted by molar-refractivity contribution is 5.54. The first-order chi connectivity index (χ1) is 8.73. The third-order valence-electron chi connectivity index (χ3n) is 2.85. The molecule has 1 aromatic heterocycles. The molecular weight excluding hydrogens is 257 g/mol. The molecule has 102 valence electrons. The molecule has 0 radical (unpaired) electrons. The molecule has 2 N–H and O–H groups in total. The largest absolute Gasteiger partial charge is 0.413 e. The molecule has 0 aliphatic heterocycles. The number of hydrogen-bond acceptors (Lipinski definition) is 3. The molecular formula is C12H13F3N4. The molecule has 0 fully saturated rings. The van der Waals surface area contributed by atoms with Gasteiger partial charge in [0, 0.05) is 12.6 Å². The second-order valence-electron chi connectivity index (χ2n) is 4.45. The quantitative estimate of drug-likeness (QED) is 0.910. The second-order valence-corrected chi connectivity index (χ2v) is 4.45. The summed E-state index contributed by atoms with van der Waals surface area (Å²) in [5.41, 5.74) is 3.46. The summed E-state index contributed by atoms with van der Waals surface area (Å²) in [4.78, 5) is 3.93. The zero-order valence-electron chi connectivity index (χ0n) is 10.4. The van der Waals surface area contributed by atoms with Crippen LogP contribution in [0.4, 0.5) is 13.2 Å². The standard InChI is InChI=1S/C12H13F3N4/c1-11(16,12(13,14)15)10-17-9(18-19(10)2)8-6-4-3-5-7-8/h3-7H,16H2,1-2H3. The molecule has 0 aliphatic carbocycles. The van der Waals surface area contributed by atoms with E-state index in [1.807, 2.05) is 0 Å². The van der Waals surface area contributed by atoms with Crippen molar-refractivity contribution >= 4 is 0 Å². The Morgan fingerprint density at radius 3 is 2.26 bits per heavy atom. The van der Waals surface area contributed by atoms with Crippen LogP contribution >= 0.6 is 0 Å². The smallest absolute Gasteiger partial charge is 0.311 e. The van der Waals surface area contributed by atoms with E-state index in [0.29, 0.717) is 5.56 Å². The van der Waals surface area contributed by atoms with Gasteiger partial charge in [-0.2, -0.15) is 18.3 Å². The third kappa shape index (κ3) is 2.33. The lowest BCUT2D eigenvalue weighted by Crippen LogP contribution is -2.49. The molecule has 19 heavy (non-hydrogen) atoms. The maximum atomic E-state index is 12.9. The Bertz CT molecular complexity index is 572. The van der Waals surface area contributed by atoms with Gasteiger partial charge in [0.15, 0.2) is 17.2 Å². The maximum absolute atomic E-state index is 12.9. The normalized spacial score (nSPS) is 15.3. The summed E-state index contributed by atoms with van der Waals surface area (Å²) in [6.45, 7) is 0.881. The molecule has 0 amide bonds. The minimum absolute atomic E-state index is 0.221. The molecule has 2 aromatic rings. The van der Waals surface area contributed by atoms with Crippen molar-refractivity contribution in [1.82, 2.24) is 14.8 Å². The molecule has 1 unspecified atom stereocenters. The van der Waals surface area contributed by atoms with Gasteiger partial charge in [0.1, 0.15) is 0 Å². The Morgan fingerprint density at radius 2 is 1.74 bits per heavy atom. The molecule has 2 rings (SSSR count). The number of halogens is 3. The third-order valence-corrected chi connectivity index (χ3v) is 2.85. The van der Waals surface area contributed by atoms with Crippen molar-refractivity contribution in [3.63, 3.8) is 0 Å². The van der Waals surface area contributed by atoms with Gasteiger partial charge in [0.05, 0.1) is 0 Å². The molecule has 0 aliphatic rings. The summed E-state index contributed by atoms with van der Waals surface area (Å²) in [7, 11) is 1.39. The zero-order chi connectivity index (χ0) is 14.3. The van der Waals surface area contributed by atoms with Gasteiger partial charge in [-0.1, -0.05) is 30.3 Å². The van der Waals surface area contributed by atoms with Crippen LogP contribution < -0.4 is 5.73 Å². The summed E-state index contributed by atoms with van der Waals surface area (Å²) in [6, 6.07) is 8.77. The number of nitrogens with two attached hydrogens (primary N) is 1. The lowest BCUT2D eigenvalue weighted by Gasteiger charge is -2.25. The van der Waals surface area contributed by atoms with E-state index in [1.165, 1.54) is 7.05 Å². The Labute approximate surface area is 108 Å². The minimum Gasteiger partial charge on any atom is -0.311 e. The fourth-order valence-corrected chi connectivity index (χ4v) is 1.67. The Kier molecular flexibility index (Phi) is 3.09. The highest BCUT2D eigenvalue weighted by Gasteiger charge is 2.52. The fraction of sp³-hybridized carbons (Fsp3) is 0.333. The van der Waals surface area contributed by atoms with Crippen LogP contribution in [0.1, 0.15) is 12.7 Å². The van der Waals surface area contributed by atoms with Crippen LogP contribution in [0.25, 0.3) is 11.4 Å². The Balaban J connectivity index is 2.49. The van der Waals surface area contributed by atoms with E-state index in [4.69, 9.17) is 5.73 Å². The van der Waals surface area contributed by atoms with Crippen molar-refractivity contribution in [3.05, 3.63) is 36.2 Å². The summed E-state index contributed by atoms with van der Waals surface area (Å²) >= 11 is 0. The van der Waals surface area contributed by atoms with Gasteiger partial charge in [-0.15, -0.1) is 0 Å². The van der Waals surface area contributed by atoms with Crippen LogP contribution in [0, 0.1) is 0 Å². The van der Waals surface area contributed by atoms with Gasteiger partial charge in [0.2, 0.25) is 0 Å². The summed E-state index contributed by atoms with van der Waals surface area (Å²) < 4.78 is 39.8. The summed E-state index contributed by atoms with van der Waals surface area (Å²) in [5.74, 6) is -0.0992. The van der Waals surface area contributed by atoms with Crippen molar-refractivity contribution in [2.24, 2.45) is 12.8 Å². The van der Waals surface area contributed by atoms with Crippen LogP contribution in [0.5, 0.6) is 0 Å². The lowest BCUT2D eigenvalue weighted by molar-refractivity contribution is -0.187. The van der Waals surface area contributed by atoms with E-state index in [0.717, 1.165) is 11.6 Å². The van der Waals surface area contributed by atoms with E-state index in [2.05, 4.69) is 10.1 Å². The van der Waals surface area contributed by atoms with Crippen LogP contribution in [0.15, 0.2) is 30.3 Å². The SMILES string of the molecule is Cn1nc(-c2ccccc2)nc1C(C)(N)C(F)(F)F. The first kappa shape index (κ1) is 13.5. The molecule has 7 heteroatoms. The lowest BCUT2D eigenvalue weighted by atomic mass is 10.0. The van der Waals surface area contributed by atoms with Crippen LogP contribution in [0.2, 0.25) is 0 Å². The molecule has 0 saturated carbocycles. The number of aromatic nitrogens is 3. The fourth-order valence-electron chi connectivity index (χ4n) is 1.67. The van der Waals surface area contributed by atoms with Gasteiger partial charge < -0.3 is 5.73 Å². The minimum atomic E-state index is -4.60. The monoisotopic (exact) mass is 270 g/mol. The number of alkyl halides is 3. The van der Waals surface area contributed by atoms with E-state index < -0.39 is 11.7 Å². The molecule has 4 nitrogen and oxygen atoms in total. The molecule has 0 saturated heterocycles. The van der Waals surface area contributed by atoms with Crippen molar-refractivity contribution in [1.29, 1.82) is 0 Å². The summed E-state index contributed by atoms with van der Waals surface area (Å²) in [5, 5.41) is 3.99. The van der Waals surface area contributed by atoms with Crippen molar-refractivity contribution < 1.29 is 13.2 Å². The van der Waals surface area contributed by atoms with Gasteiger partial charge in [-0.3, -0.25) is 4.68 Å². The Hall–Kier alpha value is -1.89. The van der Waals surface area contributed by atoms with Crippen LogP contribution in [-0.2, 0) is 12.6 Å². The molecule has 1 aromatic carbocycles. The predicted octanol–water partition coefficient (Wildman–Crippen LogP) is 2.22. The number of rotatable bonds is 2. The van der Waals surface area contributed by atoms with E-state index in [9.17, 15) is 13.2 Å². The number of benzene rings is 1. The first-order valence-electron chi connectivity index (χ1n) is 5.56. The number of hydrogen-bond donors (Lipinski definition) is 1. The number of nitrogens with zero attached hydrogens (tertiary/aromatic N) is 3. The topological polar surface area (TPSA) is 56.7 Å². The average molecular weight is 270 g/mol.